The number of aliphatic hydroxyl groups excluding tert-OH is 1. The van der Waals surface area contributed by atoms with Crippen LogP contribution in [0.1, 0.15) is 48.9 Å². The highest BCUT2D eigenvalue weighted by Gasteiger charge is 2.31. The second kappa shape index (κ2) is 10.8. The van der Waals surface area contributed by atoms with Gasteiger partial charge in [0.05, 0.1) is 13.7 Å². The van der Waals surface area contributed by atoms with Crippen molar-refractivity contribution in [3.63, 3.8) is 0 Å². The Hall–Kier alpha value is -2.35. The number of ether oxygens (including phenoxy) is 2. The average Bonchev–Trinajstić information content (AvgIpc) is 2.79. The van der Waals surface area contributed by atoms with Crippen LogP contribution in [0.25, 0.3) is 0 Å². The third kappa shape index (κ3) is 5.87. The summed E-state index contributed by atoms with van der Waals surface area (Å²) in [6, 6.07) is 22.7. The Morgan fingerprint density at radius 1 is 1.00 bits per heavy atom. The zero-order chi connectivity index (χ0) is 22.3. The molecule has 164 valence electrons. The summed E-state index contributed by atoms with van der Waals surface area (Å²) in [5.41, 5.74) is 4.48. The number of aryl methyl sites for hydroxylation is 1. The first-order chi connectivity index (χ1) is 15.0. The van der Waals surface area contributed by atoms with Gasteiger partial charge in [-0.2, -0.15) is 0 Å². The number of rotatable bonds is 10. The Morgan fingerprint density at radius 3 is 2.45 bits per heavy atom. The van der Waals surface area contributed by atoms with Crippen LogP contribution in [0, 0.1) is 6.92 Å². The SMILES string of the molecule is CCCC(C)(Pc1ccc(C)cc1CO)c1cc(OC)ccc1OCc1ccccc1. The van der Waals surface area contributed by atoms with Crippen molar-refractivity contribution in [1.29, 1.82) is 0 Å². The smallest absolute Gasteiger partial charge is 0.124 e. The van der Waals surface area contributed by atoms with Gasteiger partial charge in [0.2, 0.25) is 0 Å². The van der Waals surface area contributed by atoms with E-state index in [1.165, 1.54) is 10.9 Å². The third-order valence-electron chi connectivity index (χ3n) is 5.61. The average molecular weight is 437 g/mol. The Kier molecular flexibility index (Phi) is 8.12. The minimum absolute atomic E-state index is 0.0572. The molecule has 0 aliphatic carbocycles. The van der Waals surface area contributed by atoms with E-state index in [-0.39, 0.29) is 11.8 Å². The van der Waals surface area contributed by atoms with Crippen LogP contribution in [-0.2, 0) is 18.4 Å². The fraction of sp³-hybridized carbons (Fsp3) is 0.333. The van der Waals surface area contributed by atoms with Crippen LogP contribution in [0.15, 0.2) is 66.7 Å². The molecule has 0 spiro atoms. The zero-order valence-corrected chi connectivity index (χ0v) is 19.9. The highest BCUT2D eigenvalue weighted by atomic mass is 31.1. The summed E-state index contributed by atoms with van der Waals surface area (Å²) in [5.74, 6) is 1.73. The molecule has 0 aliphatic heterocycles. The molecule has 0 fully saturated rings. The van der Waals surface area contributed by atoms with Crippen molar-refractivity contribution < 1.29 is 14.6 Å². The van der Waals surface area contributed by atoms with E-state index in [0.717, 1.165) is 41.0 Å². The van der Waals surface area contributed by atoms with Crippen LogP contribution in [0.4, 0.5) is 0 Å². The molecule has 0 saturated heterocycles. The van der Waals surface area contributed by atoms with Crippen molar-refractivity contribution in [3.8, 4) is 11.5 Å². The van der Waals surface area contributed by atoms with Gasteiger partial charge >= 0.3 is 0 Å². The van der Waals surface area contributed by atoms with Crippen molar-refractivity contribution >= 4 is 13.9 Å². The van der Waals surface area contributed by atoms with Gasteiger partial charge in [0.15, 0.2) is 0 Å². The predicted octanol–water partition coefficient (Wildman–Crippen LogP) is 6.09. The summed E-state index contributed by atoms with van der Waals surface area (Å²) in [4.78, 5) is 0. The molecular formula is C27H33O3P. The first-order valence-electron chi connectivity index (χ1n) is 10.8. The van der Waals surface area contributed by atoms with Gasteiger partial charge in [-0.1, -0.05) is 82.9 Å². The van der Waals surface area contributed by atoms with Crippen LogP contribution < -0.4 is 14.8 Å². The molecule has 0 radical (unpaired) electrons. The summed E-state index contributed by atoms with van der Waals surface area (Å²) in [6.07, 6.45) is 2.07. The van der Waals surface area contributed by atoms with E-state index in [9.17, 15) is 5.11 Å². The lowest BCUT2D eigenvalue weighted by Gasteiger charge is -2.33. The zero-order valence-electron chi connectivity index (χ0n) is 18.9. The minimum atomic E-state index is -0.130. The van der Waals surface area contributed by atoms with Gasteiger partial charge in [0, 0.05) is 10.7 Å². The standard InChI is InChI=1S/C27H33O3P/c1-5-15-27(3,31-26-14-11-20(2)16-22(26)18-28)24-17-23(29-4)12-13-25(24)30-19-21-9-7-6-8-10-21/h6-14,16-17,28,31H,5,15,18-19H2,1-4H3. The molecule has 0 bridgehead atoms. The lowest BCUT2D eigenvalue weighted by molar-refractivity contribution is 0.283. The third-order valence-corrected chi connectivity index (χ3v) is 7.44. The summed E-state index contributed by atoms with van der Waals surface area (Å²) in [7, 11) is 2.21. The topological polar surface area (TPSA) is 38.7 Å². The van der Waals surface area contributed by atoms with Gasteiger partial charge < -0.3 is 14.6 Å². The van der Waals surface area contributed by atoms with E-state index >= 15 is 0 Å². The lowest BCUT2D eigenvalue weighted by atomic mass is 9.94. The molecule has 0 aromatic heterocycles. The van der Waals surface area contributed by atoms with Crippen LogP contribution in [0.5, 0.6) is 11.5 Å². The molecule has 3 rings (SSSR count). The molecule has 4 heteroatoms. The van der Waals surface area contributed by atoms with Gasteiger partial charge in [0.25, 0.3) is 0 Å². The maximum absolute atomic E-state index is 9.95. The van der Waals surface area contributed by atoms with Crippen LogP contribution >= 0.6 is 8.58 Å². The van der Waals surface area contributed by atoms with Crippen LogP contribution in [0.2, 0.25) is 0 Å². The van der Waals surface area contributed by atoms with Gasteiger partial charge in [-0.3, -0.25) is 0 Å². The minimum Gasteiger partial charge on any atom is -0.497 e. The molecule has 3 nitrogen and oxygen atoms in total. The Morgan fingerprint density at radius 2 is 1.77 bits per heavy atom. The lowest BCUT2D eigenvalue weighted by Crippen LogP contribution is -2.22. The first kappa shape index (κ1) is 23.3. The molecule has 1 N–H and O–H groups in total. The number of hydrogen-bond donors (Lipinski definition) is 1. The van der Waals surface area contributed by atoms with Gasteiger partial charge in [0.1, 0.15) is 18.1 Å². The van der Waals surface area contributed by atoms with Crippen molar-refractivity contribution in [1.82, 2.24) is 0 Å². The molecule has 3 aromatic carbocycles. The maximum Gasteiger partial charge on any atom is 0.124 e. The van der Waals surface area contributed by atoms with Gasteiger partial charge in [-0.05, 0) is 48.0 Å². The highest BCUT2D eigenvalue weighted by Crippen LogP contribution is 2.49. The molecule has 0 saturated carbocycles. The second-order valence-electron chi connectivity index (χ2n) is 8.16. The molecule has 2 unspecified atom stereocenters. The van der Waals surface area contributed by atoms with Gasteiger partial charge in [-0.15, -0.1) is 0 Å². The molecule has 31 heavy (non-hydrogen) atoms. The number of methoxy groups -OCH3 is 1. The van der Waals surface area contributed by atoms with E-state index in [4.69, 9.17) is 9.47 Å². The molecule has 0 aliphatic rings. The van der Waals surface area contributed by atoms with E-state index in [1.54, 1.807) is 7.11 Å². The van der Waals surface area contributed by atoms with E-state index in [1.807, 2.05) is 30.3 Å². The fourth-order valence-corrected chi connectivity index (χ4v) is 5.74. The molecule has 0 amide bonds. The summed E-state index contributed by atoms with van der Waals surface area (Å²) in [6.45, 7) is 7.17. The fourth-order valence-electron chi connectivity index (χ4n) is 3.97. The molecular weight excluding hydrogens is 403 g/mol. The van der Waals surface area contributed by atoms with Crippen LogP contribution in [0.3, 0.4) is 0 Å². The van der Waals surface area contributed by atoms with Gasteiger partial charge in [-0.25, -0.2) is 0 Å². The van der Waals surface area contributed by atoms with E-state index in [2.05, 4.69) is 57.2 Å². The molecule has 3 aromatic rings. The molecule has 2 atom stereocenters. The Balaban J connectivity index is 2.00. The van der Waals surface area contributed by atoms with Crippen molar-refractivity contribution in [2.24, 2.45) is 0 Å². The van der Waals surface area contributed by atoms with E-state index in [0.29, 0.717) is 15.2 Å². The Labute approximate surface area is 188 Å². The largest absolute Gasteiger partial charge is 0.497 e. The predicted molar refractivity (Wildman–Crippen MR) is 131 cm³/mol. The number of benzene rings is 3. The molecule has 0 heterocycles. The van der Waals surface area contributed by atoms with Crippen molar-refractivity contribution in [2.75, 3.05) is 7.11 Å². The monoisotopic (exact) mass is 436 g/mol. The normalized spacial score (nSPS) is 13.3. The maximum atomic E-state index is 9.95. The van der Waals surface area contributed by atoms with Crippen molar-refractivity contribution in [3.05, 3.63) is 89.0 Å². The Bertz CT molecular complexity index is 987. The van der Waals surface area contributed by atoms with Crippen molar-refractivity contribution in [2.45, 2.75) is 52.0 Å². The van der Waals surface area contributed by atoms with Crippen LogP contribution in [-0.4, -0.2) is 12.2 Å². The highest BCUT2D eigenvalue weighted by molar-refractivity contribution is 7.48. The summed E-state index contributed by atoms with van der Waals surface area (Å²) < 4.78 is 11.9. The number of aliphatic hydroxyl groups is 1. The first-order valence-corrected chi connectivity index (χ1v) is 11.8. The number of hydrogen-bond acceptors (Lipinski definition) is 3. The quantitative estimate of drug-likeness (QED) is 0.391. The second-order valence-corrected chi connectivity index (χ2v) is 10.1. The summed E-state index contributed by atoms with van der Waals surface area (Å²) in [5, 5.41) is 11.0. The van der Waals surface area contributed by atoms with E-state index < -0.39 is 0 Å². The summed E-state index contributed by atoms with van der Waals surface area (Å²) >= 11 is 0.